The van der Waals surface area contributed by atoms with Gasteiger partial charge < -0.3 is 39.2 Å². The molecule has 0 spiro atoms. The Kier molecular flexibility index (Phi) is 10.7. The van der Waals surface area contributed by atoms with E-state index in [9.17, 15) is 14.7 Å². The van der Waals surface area contributed by atoms with Crippen LogP contribution in [0.2, 0.25) is 0 Å². The zero-order valence-corrected chi connectivity index (χ0v) is 33.5. The normalized spacial score (nSPS) is 27.2. The maximum atomic E-state index is 14.8. The summed E-state index contributed by atoms with van der Waals surface area (Å²) in [4.78, 5) is 42.8. The van der Waals surface area contributed by atoms with Crippen molar-refractivity contribution >= 4 is 34.2 Å². The number of aryl methyl sites for hydroxylation is 1. The van der Waals surface area contributed by atoms with Gasteiger partial charge >= 0.3 is 6.03 Å². The molecular formula is C43H51N5O7S. The second-order valence-corrected chi connectivity index (χ2v) is 16.6. The summed E-state index contributed by atoms with van der Waals surface area (Å²) in [5, 5.41) is 17.3. The van der Waals surface area contributed by atoms with Crippen LogP contribution in [0.4, 0.5) is 4.79 Å². The van der Waals surface area contributed by atoms with Crippen molar-refractivity contribution in [1.82, 2.24) is 25.1 Å². The number of rotatable bonds is 9. The van der Waals surface area contributed by atoms with Crippen molar-refractivity contribution in [3.8, 4) is 28.0 Å². The lowest BCUT2D eigenvalue weighted by atomic mass is 10.1. The van der Waals surface area contributed by atoms with Gasteiger partial charge in [0.05, 0.1) is 37.5 Å². The van der Waals surface area contributed by atoms with Gasteiger partial charge in [0.2, 0.25) is 5.91 Å². The summed E-state index contributed by atoms with van der Waals surface area (Å²) < 4.78 is 23.5. The third-order valence-electron chi connectivity index (χ3n) is 11.7. The van der Waals surface area contributed by atoms with Crippen molar-refractivity contribution in [3.05, 3.63) is 76.8 Å². The third-order valence-corrected chi connectivity index (χ3v) is 12.5. The van der Waals surface area contributed by atoms with Crippen LogP contribution >= 0.6 is 11.3 Å². The van der Waals surface area contributed by atoms with E-state index < -0.39 is 30.1 Å². The molecule has 1 saturated carbocycles. The van der Waals surface area contributed by atoms with E-state index in [1.165, 1.54) is 0 Å². The number of methoxy groups -OCH3 is 2. The summed E-state index contributed by atoms with van der Waals surface area (Å²) in [6.45, 7) is 7.35. The number of pyridine rings is 1. The fourth-order valence-corrected chi connectivity index (χ4v) is 9.20. The predicted molar refractivity (Wildman–Crippen MR) is 214 cm³/mol. The summed E-state index contributed by atoms with van der Waals surface area (Å²) in [6, 6.07) is 12.5. The van der Waals surface area contributed by atoms with Gasteiger partial charge in [0.15, 0.2) is 6.29 Å². The van der Waals surface area contributed by atoms with Gasteiger partial charge in [0.1, 0.15) is 46.2 Å². The summed E-state index contributed by atoms with van der Waals surface area (Å²) in [5.74, 6) is 2.11. The molecule has 4 aromatic rings. The Hall–Kier alpha value is -4.72. The molecule has 3 aliphatic heterocycles. The fraction of sp³-hybridized carbons (Fsp3) is 0.488. The number of urea groups is 1. The van der Waals surface area contributed by atoms with E-state index in [0.29, 0.717) is 36.7 Å². The number of nitrogens with zero attached hydrogens (tertiary/aromatic N) is 4. The lowest BCUT2D eigenvalue weighted by Crippen LogP contribution is -2.54. The monoisotopic (exact) mass is 781 g/mol. The minimum atomic E-state index is -0.918. The Labute approximate surface area is 331 Å². The van der Waals surface area contributed by atoms with E-state index in [1.54, 1.807) is 30.5 Å². The first-order valence-corrected chi connectivity index (χ1v) is 20.6. The van der Waals surface area contributed by atoms with Crippen LogP contribution in [-0.2, 0) is 16.1 Å². The number of hydrogen-bond donors (Lipinski definition) is 2. The number of aliphatic hydroxyl groups is 1. The lowest BCUT2D eigenvalue weighted by Gasteiger charge is -2.32. The molecule has 12 nitrogen and oxygen atoms in total. The topological polar surface area (TPSA) is 139 Å². The highest BCUT2D eigenvalue weighted by atomic mass is 32.1. The Bertz CT molecular complexity index is 2120. The molecule has 3 amide bonds. The highest BCUT2D eigenvalue weighted by Crippen LogP contribution is 2.54. The Morgan fingerprint density at radius 1 is 1.05 bits per heavy atom. The SMILES string of the molecule is COc1ccc(CN2CCCCC/C=C\[C@@H]3C[C@@]3(C3OC3O)NC(=O)[C@@H]3C[C@@H](Oc4cc(-c5nc(C(C)C)cs5)nc5c(C)c(OC)ccc45)CN3C2=O)cc1. The largest absolute Gasteiger partial charge is 0.497 e. The Morgan fingerprint density at radius 2 is 1.86 bits per heavy atom. The molecule has 1 aliphatic carbocycles. The molecule has 0 bridgehead atoms. The van der Waals surface area contributed by atoms with Gasteiger partial charge in [-0.3, -0.25) is 4.79 Å². The molecule has 2 aromatic heterocycles. The molecular weight excluding hydrogens is 731 g/mol. The second-order valence-electron chi connectivity index (χ2n) is 15.8. The Balaban J connectivity index is 1.14. The third kappa shape index (κ3) is 7.56. The lowest BCUT2D eigenvalue weighted by molar-refractivity contribution is -0.126. The van der Waals surface area contributed by atoms with Crippen LogP contribution in [-0.4, -0.2) is 94.2 Å². The van der Waals surface area contributed by atoms with E-state index in [4.69, 9.17) is 28.9 Å². The number of epoxide rings is 1. The molecule has 3 fully saturated rings. The van der Waals surface area contributed by atoms with Crippen molar-refractivity contribution in [2.24, 2.45) is 5.92 Å². The number of carbonyl (C=O) groups is 2. The van der Waals surface area contributed by atoms with Crippen molar-refractivity contribution in [3.63, 3.8) is 0 Å². The van der Waals surface area contributed by atoms with Crippen LogP contribution in [0.1, 0.15) is 75.1 Å². The smallest absolute Gasteiger partial charge is 0.321 e. The fourth-order valence-electron chi connectivity index (χ4n) is 8.26. The van der Waals surface area contributed by atoms with Crippen molar-refractivity contribution in [2.75, 3.05) is 27.3 Å². The maximum Gasteiger partial charge on any atom is 0.321 e. The predicted octanol–water partition coefficient (Wildman–Crippen LogP) is 6.97. The number of allylic oxidation sites excluding steroid dienone is 1. The first-order valence-electron chi connectivity index (χ1n) is 19.7. The molecule has 2 saturated heterocycles. The second kappa shape index (κ2) is 15.7. The summed E-state index contributed by atoms with van der Waals surface area (Å²) in [5.41, 5.74) is 3.56. The van der Waals surface area contributed by atoms with E-state index >= 15 is 0 Å². The summed E-state index contributed by atoms with van der Waals surface area (Å²) in [7, 11) is 3.28. The zero-order valence-electron chi connectivity index (χ0n) is 32.7. The van der Waals surface area contributed by atoms with Crippen LogP contribution in [0.5, 0.6) is 17.2 Å². The summed E-state index contributed by atoms with van der Waals surface area (Å²) >= 11 is 1.54. The minimum Gasteiger partial charge on any atom is -0.497 e. The van der Waals surface area contributed by atoms with Crippen molar-refractivity contribution in [2.45, 2.75) is 102 Å². The van der Waals surface area contributed by atoms with Crippen molar-refractivity contribution < 1.29 is 33.6 Å². The number of amides is 3. The van der Waals surface area contributed by atoms with Crippen LogP contribution in [0, 0.1) is 12.8 Å². The standard InChI is InChI=1S/C43H51N5O7S/c1-25(2)33-24-56-40(45-33)32-20-36(31-16-17-35(53-5)26(3)37(31)44-32)54-30-19-34-39(49)46-43(38-41(50)55-38)21-28(43)11-9-7-6-8-10-18-47(42(51)48(34)23-30)22-27-12-14-29(52-4)15-13-27/h9,11-17,20,24-25,28,30,34,38,41,50H,6-8,10,18-19,21-23H2,1-5H3,(H,46,49)/b11-9-/t28-,30-,34+,38?,41?,43-/m1/s1. The molecule has 13 heteroatoms. The molecule has 56 heavy (non-hydrogen) atoms. The molecule has 296 valence electrons. The van der Waals surface area contributed by atoms with Crippen LogP contribution in [0.25, 0.3) is 21.6 Å². The molecule has 5 heterocycles. The van der Waals surface area contributed by atoms with E-state index in [0.717, 1.165) is 64.2 Å². The molecule has 8 rings (SSSR count). The van der Waals surface area contributed by atoms with Gasteiger partial charge in [-0.2, -0.15) is 0 Å². The van der Waals surface area contributed by atoms with Gasteiger partial charge in [-0.05, 0) is 68.4 Å². The molecule has 2 aromatic carbocycles. The molecule has 6 atom stereocenters. The Morgan fingerprint density at radius 3 is 2.57 bits per heavy atom. The number of benzene rings is 2. The highest BCUT2D eigenvalue weighted by Gasteiger charge is 2.68. The molecule has 2 N–H and O–H groups in total. The van der Waals surface area contributed by atoms with Crippen molar-refractivity contribution in [1.29, 1.82) is 0 Å². The molecule has 4 aliphatic rings. The number of thiazole rings is 1. The molecule has 0 radical (unpaired) electrons. The maximum absolute atomic E-state index is 14.8. The van der Waals surface area contributed by atoms with Gasteiger partial charge in [0.25, 0.3) is 0 Å². The van der Waals surface area contributed by atoms with Gasteiger partial charge in [-0.25, -0.2) is 14.8 Å². The zero-order chi connectivity index (χ0) is 39.1. The number of aromatic nitrogens is 2. The average molecular weight is 782 g/mol. The van der Waals surface area contributed by atoms with Gasteiger partial charge in [-0.15, -0.1) is 11.3 Å². The van der Waals surface area contributed by atoms with Crippen LogP contribution in [0.15, 0.2) is 60.0 Å². The highest BCUT2D eigenvalue weighted by molar-refractivity contribution is 7.13. The first-order chi connectivity index (χ1) is 27.1. The van der Waals surface area contributed by atoms with Gasteiger partial charge in [-0.1, -0.05) is 44.6 Å². The van der Waals surface area contributed by atoms with Crippen LogP contribution in [0.3, 0.4) is 0 Å². The number of hydrogen-bond acceptors (Lipinski definition) is 10. The van der Waals surface area contributed by atoms with E-state index in [1.807, 2.05) is 54.3 Å². The quantitative estimate of drug-likeness (QED) is 0.136. The average Bonchev–Trinajstić information content (AvgIpc) is 3.93. The van der Waals surface area contributed by atoms with Crippen LogP contribution < -0.4 is 19.5 Å². The number of nitrogens with one attached hydrogen (secondary N) is 1. The number of fused-ring (bicyclic) bond motifs is 3. The number of aliphatic hydroxyl groups excluding tert-OH is 1. The van der Waals surface area contributed by atoms with E-state index in [-0.39, 0.29) is 36.7 Å². The molecule has 2 unspecified atom stereocenters. The van der Waals surface area contributed by atoms with E-state index in [2.05, 4.69) is 36.7 Å². The number of carbonyl (C=O) groups excluding carboxylic acids is 2. The van der Waals surface area contributed by atoms with Gasteiger partial charge in [0, 0.05) is 47.8 Å². The number of ether oxygens (including phenoxy) is 4. The first kappa shape index (κ1) is 38.2. The summed E-state index contributed by atoms with van der Waals surface area (Å²) in [6.07, 6.45) is 7.08. The minimum absolute atomic E-state index is 0.0480.